The molecule has 13 heavy (non-hydrogen) atoms. The number of hydrogen-bond acceptors (Lipinski definition) is 3. The third-order valence-electron chi connectivity index (χ3n) is 1.57. The third kappa shape index (κ3) is 2.26. The van der Waals surface area contributed by atoms with E-state index < -0.39 is 18.2 Å². The number of methoxy groups -OCH3 is 1. The molecule has 5 heteroatoms. The van der Waals surface area contributed by atoms with E-state index in [1.54, 1.807) is 0 Å². The summed E-state index contributed by atoms with van der Waals surface area (Å²) in [6.07, 6.45) is 0. The van der Waals surface area contributed by atoms with Gasteiger partial charge in [0, 0.05) is 7.11 Å². The van der Waals surface area contributed by atoms with E-state index in [1.807, 2.05) is 0 Å². The zero-order chi connectivity index (χ0) is 9.90. The van der Waals surface area contributed by atoms with Gasteiger partial charge in [0.2, 0.25) is 0 Å². The summed E-state index contributed by atoms with van der Waals surface area (Å²) in [6, 6.07) is 2.66. The molecule has 0 saturated heterocycles. The average Bonchev–Trinajstić information content (AvgIpc) is 2.54. The molecule has 0 spiro atoms. The van der Waals surface area contributed by atoms with Crippen LogP contribution in [0.15, 0.2) is 16.5 Å². The van der Waals surface area contributed by atoms with E-state index in [4.69, 9.17) is 14.9 Å². The van der Waals surface area contributed by atoms with Crippen molar-refractivity contribution in [2.24, 2.45) is 5.73 Å². The minimum Gasteiger partial charge on any atom is -0.457 e. The van der Waals surface area contributed by atoms with Crippen LogP contribution in [0.2, 0.25) is 0 Å². The Hall–Kier alpha value is -0.940. The van der Waals surface area contributed by atoms with Gasteiger partial charge < -0.3 is 14.9 Å². The van der Waals surface area contributed by atoms with E-state index in [0.717, 1.165) is 0 Å². The summed E-state index contributed by atoms with van der Waals surface area (Å²) >= 11 is 0. The van der Waals surface area contributed by atoms with Crippen molar-refractivity contribution in [3.8, 4) is 0 Å². The fourth-order valence-corrected chi connectivity index (χ4v) is 0.895. The van der Waals surface area contributed by atoms with Gasteiger partial charge in [-0.25, -0.2) is 0 Å². The van der Waals surface area contributed by atoms with Crippen molar-refractivity contribution < 1.29 is 17.9 Å². The van der Waals surface area contributed by atoms with E-state index in [2.05, 4.69) is 0 Å². The molecule has 1 aromatic rings. The van der Waals surface area contributed by atoms with Crippen LogP contribution in [0.25, 0.3) is 0 Å². The molecule has 1 aromatic heterocycles. The van der Waals surface area contributed by atoms with Crippen LogP contribution in [0.5, 0.6) is 0 Å². The van der Waals surface area contributed by atoms with Crippen molar-refractivity contribution >= 4 is 0 Å². The molecule has 0 amide bonds. The van der Waals surface area contributed by atoms with Gasteiger partial charge in [-0.1, -0.05) is 0 Å². The summed E-state index contributed by atoms with van der Waals surface area (Å²) in [6.45, 7) is -0.576. The Bertz CT molecular complexity index is 273. The fourth-order valence-electron chi connectivity index (χ4n) is 0.895. The molecule has 0 radical (unpaired) electrons. The highest BCUT2D eigenvalue weighted by Crippen LogP contribution is 2.28. The summed E-state index contributed by atoms with van der Waals surface area (Å²) in [5.41, 5.74) is 4.88. The van der Waals surface area contributed by atoms with Crippen LogP contribution in [-0.2, 0) is 17.3 Å². The van der Waals surface area contributed by atoms with Gasteiger partial charge in [0.1, 0.15) is 12.4 Å². The van der Waals surface area contributed by atoms with Crippen molar-refractivity contribution in [2.75, 3.05) is 13.7 Å². The van der Waals surface area contributed by atoms with E-state index in [9.17, 15) is 8.78 Å². The largest absolute Gasteiger partial charge is 0.457 e. The van der Waals surface area contributed by atoms with E-state index >= 15 is 0 Å². The number of halogens is 2. The molecule has 1 rings (SSSR count). The fraction of sp³-hybridized carbons (Fsp3) is 0.500. The Labute approximate surface area is 74.5 Å². The Morgan fingerprint density at radius 2 is 2.23 bits per heavy atom. The molecule has 0 aliphatic carbocycles. The van der Waals surface area contributed by atoms with Crippen molar-refractivity contribution in [3.63, 3.8) is 0 Å². The first-order valence-corrected chi connectivity index (χ1v) is 3.76. The lowest BCUT2D eigenvalue weighted by atomic mass is 10.2. The maximum absolute atomic E-state index is 12.9. The monoisotopic (exact) mass is 191 g/mol. The number of nitrogens with two attached hydrogens (primary N) is 1. The van der Waals surface area contributed by atoms with Crippen LogP contribution in [0.4, 0.5) is 8.78 Å². The molecular weight excluding hydrogens is 180 g/mol. The highest BCUT2D eigenvalue weighted by atomic mass is 19.3. The van der Waals surface area contributed by atoms with Gasteiger partial charge in [-0.15, -0.1) is 0 Å². The van der Waals surface area contributed by atoms with Crippen LogP contribution < -0.4 is 5.73 Å². The second kappa shape index (κ2) is 3.85. The zero-order valence-corrected chi connectivity index (χ0v) is 7.22. The highest BCUT2D eigenvalue weighted by Gasteiger charge is 2.33. The minimum atomic E-state index is -3.09. The first-order valence-electron chi connectivity index (χ1n) is 3.76. The SMILES string of the molecule is COCc1ccc(C(F)(F)CN)o1. The van der Waals surface area contributed by atoms with Crippen LogP contribution in [0.1, 0.15) is 11.5 Å². The van der Waals surface area contributed by atoms with Crippen molar-refractivity contribution in [1.82, 2.24) is 0 Å². The molecule has 0 bridgehead atoms. The predicted octanol–water partition coefficient (Wildman–Crippen LogP) is 1.48. The second-order valence-electron chi connectivity index (χ2n) is 2.61. The summed E-state index contributed by atoms with van der Waals surface area (Å²) in [5, 5.41) is 0. The first kappa shape index (κ1) is 10.1. The lowest BCUT2D eigenvalue weighted by molar-refractivity contribution is -0.0182. The summed E-state index contributed by atoms with van der Waals surface area (Å²) in [4.78, 5) is 0. The Morgan fingerprint density at radius 3 is 2.77 bits per heavy atom. The molecule has 3 nitrogen and oxygen atoms in total. The third-order valence-corrected chi connectivity index (χ3v) is 1.57. The normalized spacial score (nSPS) is 12.0. The van der Waals surface area contributed by atoms with Gasteiger partial charge in [-0.2, -0.15) is 8.78 Å². The lowest BCUT2D eigenvalue weighted by Gasteiger charge is -2.09. The Balaban J connectivity index is 2.79. The Kier molecular flexibility index (Phi) is 3.00. The molecule has 0 aromatic carbocycles. The molecule has 0 saturated carbocycles. The highest BCUT2D eigenvalue weighted by molar-refractivity contribution is 5.11. The minimum absolute atomic E-state index is 0.181. The number of rotatable bonds is 4. The zero-order valence-electron chi connectivity index (χ0n) is 7.22. The standard InChI is InChI=1S/C8H11F2NO2/c1-12-4-6-2-3-7(13-6)8(9,10)5-11/h2-3H,4-5,11H2,1H3. The average molecular weight is 191 g/mol. The number of ether oxygens (including phenoxy) is 1. The molecule has 74 valence electrons. The van der Waals surface area contributed by atoms with Gasteiger partial charge in [0.25, 0.3) is 0 Å². The van der Waals surface area contributed by atoms with Gasteiger partial charge in [0.05, 0.1) is 6.54 Å². The Morgan fingerprint density at radius 1 is 1.54 bits per heavy atom. The second-order valence-corrected chi connectivity index (χ2v) is 2.61. The van der Waals surface area contributed by atoms with Gasteiger partial charge in [0.15, 0.2) is 5.76 Å². The molecule has 0 fully saturated rings. The summed E-state index contributed by atoms with van der Waals surface area (Å²) < 4.78 is 35.3. The number of hydrogen-bond donors (Lipinski definition) is 1. The number of furan rings is 1. The first-order chi connectivity index (χ1) is 6.10. The van der Waals surface area contributed by atoms with Crippen LogP contribution in [0.3, 0.4) is 0 Å². The summed E-state index contributed by atoms with van der Waals surface area (Å²) in [7, 11) is 1.46. The smallest absolute Gasteiger partial charge is 0.316 e. The van der Waals surface area contributed by atoms with Crippen LogP contribution in [-0.4, -0.2) is 13.7 Å². The van der Waals surface area contributed by atoms with Gasteiger partial charge in [-0.05, 0) is 12.1 Å². The van der Waals surface area contributed by atoms with Crippen molar-refractivity contribution in [2.45, 2.75) is 12.5 Å². The van der Waals surface area contributed by atoms with Crippen LogP contribution in [0, 0.1) is 0 Å². The van der Waals surface area contributed by atoms with Crippen LogP contribution >= 0.6 is 0 Å². The van der Waals surface area contributed by atoms with Crippen molar-refractivity contribution in [1.29, 1.82) is 0 Å². The lowest BCUT2D eigenvalue weighted by Crippen LogP contribution is -2.24. The molecule has 0 unspecified atom stereocenters. The molecule has 1 heterocycles. The van der Waals surface area contributed by atoms with Gasteiger partial charge >= 0.3 is 5.92 Å². The molecule has 0 aliphatic rings. The molecular formula is C8H11F2NO2. The summed E-state index contributed by atoms with van der Waals surface area (Å²) in [5.74, 6) is -3.14. The van der Waals surface area contributed by atoms with Crippen molar-refractivity contribution in [3.05, 3.63) is 23.7 Å². The predicted molar refractivity (Wildman–Crippen MR) is 42.4 cm³/mol. The quantitative estimate of drug-likeness (QED) is 0.784. The molecule has 0 atom stereocenters. The molecule has 0 aliphatic heterocycles. The maximum Gasteiger partial charge on any atom is 0.316 e. The van der Waals surface area contributed by atoms with E-state index in [1.165, 1.54) is 19.2 Å². The van der Waals surface area contributed by atoms with E-state index in [-0.39, 0.29) is 6.61 Å². The van der Waals surface area contributed by atoms with Gasteiger partial charge in [-0.3, -0.25) is 0 Å². The number of alkyl halides is 2. The van der Waals surface area contributed by atoms with E-state index in [0.29, 0.717) is 5.76 Å². The molecule has 2 N–H and O–H groups in total. The topological polar surface area (TPSA) is 48.4 Å². The maximum atomic E-state index is 12.9.